The monoisotopic (exact) mass is 396 g/mol. The Bertz CT molecular complexity index is 730. The van der Waals surface area contributed by atoms with Crippen LogP contribution in [-0.2, 0) is 16.1 Å². The van der Waals surface area contributed by atoms with Gasteiger partial charge in [-0.2, -0.15) is 5.10 Å². The molecule has 1 aromatic carbocycles. The molecule has 1 aliphatic heterocycles. The Balaban J connectivity index is 1.40. The number of aromatic nitrogens is 2. The first-order chi connectivity index (χ1) is 12.7. The predicted molar refractivity (Wildman–Crippen MR) is 102 cm³/mol. The Morgan fingerprint density at radius 1 is 1.08 bits per heavy atom. The number of piperazine rings is 1. The highest BCUT2D eigenvalue weighted by Crippen LogP contribution is 2.24. The lowest BCUT2D eigenvalue weighted by molar-refractivity contribution is -0.109. The van der Waals surface area contributed by atoms with Crippen molar-refractivity contribution < 1.29 is 9.53 Å². The van der Waals surface area contributed by atoms with Gasteiger partial charge in [-0.1, -0.05) is 23.2 Å². The van der Waals surface area contributed by atoms with E-state index in [1.807, 2.05) is 18.3 Å². The molecule has 8 heteroatoms. The maximum Gasteiger partial charge on any atom is 0.133 e. The maximum atomic E-state index is 10.5. The van der Waals surface area contributed by atoms with Crippen LogP contribution in [0.15, 0.2) is 30.5 Å². The van der Waals surface area contributed by atoms with Gasteiger partial charge < -0.3 is 9.53 Å². The minimum absolute atomic E-state index is 0.472. The summed E-state index contributed by atoms with van der Waals surface area (Å²) in [6.07, 6.45) is 2.85. The second kappa shape index (κ2) is 9.48. The Morgan fingerprint density at radius 2 is 1.85 bits per heavy atom. The van der Waals surface area contributed by atoms with Crippen LogP contribution in [-0.4, -0.2) is 71.7 Å². The molecule has 0 unspecified atom stereocenters. The van der Waals surface area contributed by atoms with Crippen LogP contribution in [0.4, 0.5) is 0 Å². The largest absolute Gasteiger partial charge is 0.374 e. The van der Waals surface area contributed by atoms with E-state index in [1.165, 1.54) is 0 Å². The van der Waals surface area contributed by atoms with Crippen molar-refractivity contribution in [3.8, 4) is 5.69 Å². The van der Waals surface area contributed by atoms with Crippen LogP contribution < -0.4 is 0 Å². The number of rotatable bonds is 8. The van der Waals surface area contributed by atoms with Crippen LogP contribution in [0.25, 0.3) is 5.69 Å². The zero-order valence-electron chi connectivity index (χ0n) is 14.5. The standard InChI is InChI=1S/C18H22Cl2N4O2/c19-17-2-1-16(13-18(17)20)24-4-3-15(21-24)14-26-12-10-23-7-5-22(6-8-23)9-11-25/h1-4,11,13H,5-10,12,14H2. The lowest BCUT2D eigenvalue weighted by atomic mass is 10.3. The number of carbonyl (C=O) groups excluding carboxylic acids is 1. The van der Waals surface area contributed by atoms with Crippen molar-refractivity contribution in [3.63, 3.8) is 0 Å². The van der Waals surface area contributed by atoms with Gasteiger partial charge in [0.25, 0.3) is 0 Å². The molecule has 2 heterocycles. The van der Waals surface area contributed by atoms with Crippen LogP contribution in [0.2, 0.25) is 10.0 Å². The van der Waals surface area contributed by atoms with E-state index in [0.29, 0.717) is 29.8 Å². The second-order valence-corrected chi connectivity index (χ2v) is 7.03. The molecule has 140 valence electrons. The van der Waals surface area contributed by atoms with E-state index < -0.39 is 0 Å². The summed E-state index contributed by atoms with van der Waals surface area (Å²) in [6.45, 7) is 6.38. The molecule has 1 aromatic heterocycles. The molecule has 3 rings (SSSR count). The van der Waals surface area contributed by atoms with Gasteiger partial charge in [-0.3, -0.25) is 9.80 Å². The SMILES string of the molecule is O=CCN1CCN(CCOCc2ccn(-c3ccc(Cl)c(Cl)c3)n2)CC1. The molecule has 0 N–H and O–H groups in total. The minimum Gasteiger partial charge on any atom is -0.374 e. The fourth-order valence-electron chi connectivity index (χ4n) is 2.88. The molecule has 2 aromatic rings. The van der Waals surface area contributed by atoms with Gasteiger partial charge in [0.2, 0.25) is 0 Å². The van der Waals surface area contributed by atoms with Gasteiger partial charge in [-0.25, -0.2) is 4.68 Å². The Labute approximate surface area is 163 Å². The first-order valence-corrected chi connectivity index (χ1v) is 9.37. The predicted octanol–water partition coefficient (Wildman–Crippen LogP) is 2.51. The summed E-state index contributed by atoms with van der Waals surface area (Å²) in [5, 5.41) is 5.53. The van der Waals surface area contributed by atoms with E-state index in [9.17, 15) is 4.79 Å². The van der Waals surface area contributed by atoms with E-state index in [2.05, 4.69) is 14.9 Å². The number of nitrogens with zero attached hydrogens (tertiary/aromatic N) is 4. The molecular weight excluding hydrogens is 375 g/mol. The van der Waals surface area contributed by atoms with E-state index in [0.717, 1.165) is 50.4 Å². The lowest BCUT2D eigenvalue weighted by Gasteiger charge is -2.33. The summed E-state index contributed by atoms with van der Waals surface area (Å²) < 4.78 is 7.51. The average Bonchev–Trinajstić information content (AvgIpc) is 3.12. The van der Waals surface area contributed by atoms with Gasteiger partial charge in [0, 0.05) is 38.9 Å². The Morgan fingerprint density at radius 3 is 2.58 bits per heavy atom. The van der Waals surface area contributed by atoms with Gasteiger partial charge >= 0.3 is 0 Å². The smallest absolute Gasteiger partial charge is 0.133 e. The van der Waals surface area contributed by atoms with Crippen molar-refractivity contribution in [2.45, 2.75) is 6.61 Å². The van der Waals surface area contributed by atoms with Crippen molar-refractivity contribution in [1.29, 1.82) is 0 Å². The normalized spacial score (nSPS) is 16.1. The van der Waals surface area contributed by atoms with Gasteiger partial charge in [0.15, 0.2) is 0 Å². The first kappa shape index (κ1) is 19.3. The third kappa shape index (κ3) is 5.28. The molecule has 0 saturated carbocycles. The maximum absolute atomic E-state index is 10.5. The molecule has 6 nitrogen and oxygen atoms in total. The fourth-order valence-corrected chi connectivity index (χ4v) is 3.17. The Kier molecular flexibility index (Phi) is 7.05. The molecular formula is C18H22Cl2N4O2. The van der Waals surface area contributed by atoms with Crippen molar-refractivity contribution >= 4 is 29.5 Å². The number of hydrogen-bond acceptors (Lipinski definition) is 5. The van der Waals surface area contributed by atoms with E-state index in [1.54, 1.807) is 16.8 Å². The van der Waals surface area contributed by atoms with Crippen LogP contribution in [0.3, 0.4) is 0 Å². The molecule has 1 fully saturated rings. The summed E-state index contributed by atoms with van der Waals surface area (Å²) in [5.41, 5.74) is 1.73. The van der Waals surface area contributed by atoms with Crippen molar-refractivity contribution in [1.82, 2.24) is 19.6 Å². The number of carbonyl (C=O) groups is 1. The van der Waals surface area contributed by atoms with Crippen LogP contribution in [0.1, 0.15) is 5.69 Å². The quantitative estimate of drug-likeness (QED) is 0.506. The fraction of sp³-hybridized carbons (Fsp3) is 0.444. The topological polar surface area (TPSA) is 50.6 Å². The summed E-state index contributed by atoms with van der Waals surface area (Å²) in [5.74, 6) is 0. The lowest BCUT2D eigenvalue weighted by Crippen LogP contribution is -2.47. The highest BCUT2D eigenvalue weighted by Gasteiger charge is 2.15. The van der Waals surface area contributed by atoms with Crippen LogP contribution >= 0.6 is 23.2 Å². The zero-order chi connectivity index (χ0) is 18.4. The van der Waals surface area contributed by atoms with E-state index in [-0.39, 0.29) is 0 Å². The minimum atomic E-state index is 0.472. The third-order valence-electron chi connectivity index (χ3n) is 4.41. The van der Waals surface area contributed by atoms with Crippen LogP contribution in [0, 0.1) is 0 Å². The number of hydrogen-bond donors (Lipinski definition) is 0. The van der Waals surface area contributed by atoms with E-state index in [4.69, 9.17) is 27.9 Å². The van der Waals surface area contributed by atoms with Crippen molar-refractivity contribution in [2.75, 3.05) is 45.9 Å². The second-order valence-electron chi connectivity index (χ2n) is 6.21. The van der Waals surface area contributed by atoms with Gasteiger partial charge in [-0.15, -0.1) is 0 Å². The molecule has 0 radical (unpaired) electrons. The number of benzene rings is 1. The average molecular weight is 397 g/mol. The zero-order valence-corrected chi connectivity index (χ0v) is 16.0. The van der Waals surface area contributed by atoms with Gasteiger partial charge in [0.05, 0.1) is 41.2 Å². The Hall–Kier alpha value is -1.44. The van der Waals surface area contributed by atoms with Crippen LogP contribution in [0.5, 0.6) is 0 Å². The summed E-state index contributed by atoms with van der Waals surface area (Å²) >= 11 is 12.0. The van der Waals surface area contributed by atoms with Gasteiger partial charge in [0.1, 0.15) is 6.29 Å². The summed E-state index contributed by atoms with van der Waals surface area (Å²) in [6, 6.07) is 7.34. The molecule has 0 atom stereocenters. The molecule has 0 aliphatic carbocycles. The number of aldehydes is 1. The molecule has 0 spiro atoms. The highest BCUT2D eigenvalue weighted by atomic mass is 35.5. The third-order valence-corrected chi connectivity index (χ3v) is 5.15. The summed E-state index contributed by atoms with van der Waals surface area (Å²) in [4.78, 5) is 15.1. The molecule has 0 amide bonds. The van der Waals surface area contributed by atoms with Gasteiger partial charge in [-0.05, 0) is 24.3 Å². The summed E-state index contributed by atoms with van der Waals surface area (Å²) in [7, 11) is 0. The molecule has 1 aliphatic rings. The van der Waals surface area contributed by atoms with Crippen molar-refractivity contribution in [2.24, 2.45) is 0 Å². The molecule has 26 heavy (non-hydrogen) atoms. The highest BCUT2D eigenvalue weighted by molar-refractivity contribution is 6.42. The molecule has 1 saturated heterocycles. The first-order valence-electron chi connectivity index (χ1n) is 8.62. The molecule has 0 bridgehead atoms. The van der Waals surface area contributed by atoms with E-state index >= 15 is 0 Å². The number of halogens is 2. The number of ether oxygens (including phenoxy) is 1. The van der Waals surface area contributed by atoms with Crippen molar-refractivity contribution in [3.05, 3.63) is 46.2 Å².